The van der Waals surface area contributed by atoms with Crippen LogP contribution >= 0.6 is 11.6 Å². The molecule has 0 atom stereocenters. The number of hydrogen-bond donors (Lipinski definition) is 0. The van der Waals surface area contributed by atoms with Gasteiger partial charge in [-0.25, -0.2) is 4.98 Å². The minimum atomic E-state index is 0.417. The molecule has 2 aromatic heterocycles. The van der Waals surface area contributed by atoms with Gasteiger partial charge in [0, 0.05) is 12.1 Å². The highest BCUT2D eigenvalue weighted by atomic mass is 35.5. The summed E-state index contributed by atoms with van der Waals surface area (Å²) in [5.41, 5.74) is 3.96. The monoisotopic (exact) mass is 300 g/mol. The highest BCUT2D eigenvalue weighted by molar-refractivity contribution is 6.32. The summed E-state index contributed by atoms with van der Waals surface area (Å²) in [6.07, 6.45) is 2.94. The highest BCUT2D eigenvalue weighted by Crippen LogP contribution is 2.19. The van der Waals surface area contributed by atoms with Gasteiger partial charge in [-0.2, -0.15) is 0 Å². The van der Waals surface area contributed by atoms with Gasteiger partial charge >= 0.3 is 0 Å². The molecule has 0 bridgehead atoms. The topological polar surface area (TPSA) is 43.1 Å². The van der Waals surface area contributed by atoms with E-state index in [-0.39, 0.29) is 0 Å². The quantitative estimate of drug-likeness (QED) is 0.740. The fourth-order valence-electron chi connectivity index (χ4n) is 2.50. The van der Waals surface area contributed by atoms with Crippen molar-refractivity contribution in [2.45, 2.75) is 33.1 Å². The fourth-order valence-corrected chi connectivity index (χ4v) is 2.75. The van der Waals surface area contributed by atoms with Crippen LogP contribution in [0.5, 0.6) is 0 Å². The van der Waals surface area contributed by atoms with Crippen molar-refractivity contribution >= 4 is 17.2 Å². The Morgan fingerprint density at radius 3 is 2.57 bits per heavy atom. The third-order valence-electron chi connectivity index (χ3n) is 3.75. The van der Waals surface area contributed by atoms with Gasteiger partial charge in [-0.3, -0.25) is 4.40 Å². The molecular weight excluding hydrogens is 284 g/mol. The second-order valence-corrected chi connectivity index (χ2v) is 5.55. The molecule has 0 amide bonds. The molecule has 0 radical (unpaired) electrons. The van der Waals surface area contributed by atoms with Gasteiger partial charge in [0.05, 0.1) is 5.69 Å². The molecule has 5 heteroatoms. The molecular formula is C16H17ClN4. The Labute approximate surface area is 128 Å². The molecule has 0 N–H and O–H groups in total. The van der Waals surface area contributed by atoms with E-state index in [2.05, 4.69) is 39.4 Å². The molecule has 0 aliphatic carbocycles. The fraction of sp³-hybridized carbons (Fsp3) is 0.312. The van der Waals surface area contributed by atoms with Crippen LogP contribution < -0.4 is 0 Å². The van der Waals surface area contributed by atoms with Crippen LogP contribution in [0.25, 0.3) is 5.65 Å². The third-order valence-corrected chi connectivity index (χ3v) is 4.00. The first kappa shape index (κ1) is 14.0. The lowest BCUT2D eigenvalue weighted by molar-refractivity contribution is 0.753. The Morgan fingerprint density at radius 2 is 1.81 bits per heavy atom. The summed E-state index contributed by atoms with van der Waals surface area (Å²) in [6, 6.07) is 10.5. The van der Waals surface area contributed by atoms with Crippen molar-refractivity contribution in [1.82, 2.24) is 19.6 Å². The van der Waals surface area contributed by atoms with Crippen molar-refractivity contribution in [3.8, 4) is 0 Å². The lowest BCUT2D eigenvalue weighted by atomic mass is 10.1. The predicted octanol–water partition coefficient (Wildman–Crippen LogP) is 3.57. The Balaban J connectivity index is 1.82. The summed E-state index contributed by atoms with van der Waals surface area (Å²) in [4.78, 5) is 4.28. The summed E-state index contributed by atoms with van der Waals surface area (Å²) in [7, 11) is 0. The molecule has 1 aromatic carbocycles. The molecule has 21 heavy (non-hydrogen) atoms. The van der Waals surface area contributed by atoms with Gasteiger partial charge in [0.25, 0.3) is 0 Å². The Hall–Kier alpha value is -1.94. The number of hydrogen-bond acceptors (Lipinski definition) is 3. The standard InChI is InChI=1S/C16H17ClN4/c1-11-12(2)21-14(19-20-16(21)15(17)18-11)10-6-9-13-7-4-3-5-8-13/h3-5,7-8H,6,9-10H2,1-2H3. The average Bonchev–Trinajstić information content (AvgIpc) is 2.91. The van der Waals surface area contributed by atoms with Gasteiger partial charge in [0.15, 0.2) is 10.8 Å². The Morgan fingerprint density at radius 1 is 1.05 bits per heavy atom. The summed E-state index contributed by atoms with van der Waals surface area (Å²) in [5.74, 6) is 0.950. The maximum Gasteiger partial charge on any atom is 0.198 e. The van der Waals surface area contributed by atoms with Crippen molar-refractivity contribution < 1.29 is 0 Å². The number of aromatic nitrogens is 4. The van der Waals surface area contributed by atoms with E-state index in [1.165, 1.54) is 5.56 Å². The molecule has 3 rings (SSSR count). The second-order valence-electron chi connectivity index (χ2n) is 5.19. The zero-order valence-electron chi connectivity index (χ0n) is 12.2. The lowest BCUT2D eigenvalue weighted by Crippen LogP contribution is -2.04. The van der Waals surface area contributed by atoms with Gasteiger partial charge in [-0.1, -0.05) is 41.9 Å². The van der Waals surface area contributed by atoms with E-state index < -0.39 is 0 Å². The minimum Gasteiger partial charge on any atom is -0.279 e. The van der Waals surface area contributed by atoms with Crippen molar-refractivity contribution in [3.05, 3.63) is 58.3 Å². The van der Waals surface area contributed by atoms with E-state index in [1.54, 1.807) is 0 Å². The van der Waals surface area contributed by atoms with Crippen LogP contribution in [-0.2, 0) is 12.8 Å². The van der Waals surface area contributed by atoms with Crippen LogP contribution in [0.1, 0.15) is 29.2 Å². The van der Waals surface area contributed by atoms with Gasteiger partial charge in [-0.05, 0) is 32.3 Å². The van der Waals surface area contributed by atoms with Gasteiger partial charge in [0.1, 0.15) is 5.82 Å². The van der Waals surface area contributed by atoms with Gasteiger partial charge in [-0.15, -0.1) is 10.2 Å². The molecule has 2 heterocycles. The molecule has 0 saturated carbocycles. The molecule has 0 spiro atoms. The van der Waals surface area contributed by atoms with E-state index in [4.69, 9.17) is 11.6 Å². The zero-order chi connectivity index (χ0) is 14.8. The molecule has 0 saturated heterocycles. The van der Waals surface area contributed by atoms with Crippen molar-refractivity contribution in [1.29, 1.82) is 0 Å². The number of halogens is 1. The largest absolute Gasteiger partial charge is 0.279 e. The van der Waals surface area contributed by atoms with E-state index in [1.807, 2.05) is 24.3 Å². The number of fused-ring (bicyclic) bond motifs is 1. The van der Waals surface area contributed by atoms with Crippen LogP contribution in [0.2, 0.25) is 5.15 Å². The number of benzene rings is 1. The second kappa shape index (κ2) is 5.82. The van der Waals surface area contributed by atoms with Crippen molar-refractivity contribution in [3.63, 3.8) is 0 Å². The third kappa shape index (κ3) is 2.76. The maximum absolute atomic E-state index is 6.14. The first-order valence-electron chi connectivity index (χ1n) is 7.07. The zero-order valence-corrected chi connectivity index (χ0v) is 12.9. The maximum atomic E-state index is 6.14. The minimum absolute atomic E-state index is 0.417. The van der Waals surface area contributed by atoms with Gasteiger partial charge < -0.3 is 0 Å². The molecule has 0 unspecified atom stereocenters. The Bertz CT molecular complexity index is 765. The van der Waals surface area contributed by atoms with Crippen LogP contribution in [0.4, 0.5) is 0 Å². The van der Waals surface area contributed by atoms with Crippen molar-refractivity contribution in [2.24, 2.45) is 0 Å². The average molecular weight is 301 g/mol. The lowest BCUT2D eigenvalue weighted by Gasteiger charge is -2.07. The van der Waals surface area contributed by atoms with Crippen molar-refractivity contribution in [2.75, 3.05) is 0 Å². The summed E-state index contributed by atoms with van der Waals surface area (Å²) in [6.45, 7) is 3.98. The van der Waals surface area contributed by atoms with E-state index in [9.17, 15) is 0 Å². The molecule has 0 fully saturated rings. The van der Waals surface area contributed by atoms with Crippen LogP contribution in [0, 0.1) is 13.8 Å². The van der Waals surface area contributed by atoms with E-state index >= 15 is 0 Å². The Kier molecular flexibility index (Phi) is 3.88. The first-order chi connectivity index (χ1) is 10.2. The molecule has 108 valence electrons. The number of nitrogens with zero attached hydrogens (tertiary/aromatic N) is 4. The number of rotatable bonds is 4. The van der Waals surface area contributed by atoms with Crippen LogP contribution in [0.3, 0.4) is 0 Å². The van der Waals surface area contributed by atoms with Crippen LogP contribution in [0.15, 0.2) is 30.3 Å². The summed E-state index contributed by atoms with van der Waals surface area (Å²) >= 11 is 6.14. The summed E-state index contributed by atoms with van der Waals surface area (Å²) in [5, 5.41) is 8.86. The first-order valence-corrected chi connectivity index (χ1v) is 7.45. The van der Waals surface area contributed by atoms with Gasteiger partial charge in [0.2, 0.25) is 0 Å². The smallest absolute Gasteiger partial charge is 0.198 e. The molecule has 3 aromatic rings. The molecule has 0 aliphatic heterocycles. The molecule has 0 aliphatic rings. The molecule has 4 nitrogen and oxygen atoms in total. The SMILES string of the molecule is Cc1nc(Cl)c2nnc(CCCc3ccccc3)n2c1C. The normalized spacial score (nSPS) is 11.2. The predicted molar refractivity (Wildman–Crippen MR) is 83.7 cm³/mol. The van der Waals surface area contributed by atoms with E-state index in [0.717, 1.165) is 36.5 Å². The van der Waals surface area contributed by atoms with Crippen LogP contribution in [-0.4, -0.2) is 19.6 Å². The number of aryl methyl sites for hydroxylation is 4. The van der Waals surface area contributed by atoms with E-state index in [0.29, 0.717) is 10.8 Å². The highest BCUT2D eigenvalue weighted by Gasteiger charge is 2.13. The summed E-state index contributed by atoms with van der Waals surface area (Å²) < 4.78 is 2.02.